The highest BCUT2D eigenvalue weighted by Crippen LogP contribution is 2.37. The van der Waals surface area contributed by atoms with Gasteiger partial charge in [0.05, 0.1) is 16.1 Å². The summed E-state index contributed by atoms with van der Waals surface area (Å²) in [6, 6.07) is 4.93. The number of nitrogens with one attached hydrogen (secondary N) is 2. The molecule has 29 heavy (non-hydrogen) atoms. The average molecular weight is 421 g/mol. The van der Waals surface area contributed by atoms with Gasteiger partial charge in [-0.1, -0.05) is 12.1 Å². The first kappa shape index (κ1) is 21.7. The molecule has 2 N–H and O–H groups in total. The molecule has 0 saturated carbocycles. The number of anilines is 2. The molecule has 0 heterocycles. The number of carbonyl (C=O) groups is 2. The van der Waals surface area contributed by atoms with Crippen molar-refractivity contribution in [1.29, 1.82) is 0 Å². The van der Waals surface area contributed by atoms with E-state index in [-0.39, 0.29) is 18.2 Å². The van der Waals surface area contributed by atoms with Gasteiger partial charge in [-0.05, 0) is 24.3 Å². The van der Waals surface area contributed by atoms with Gasteiger partial charge in [-0.3, -0.25) is 19.7 Å². The van der Waals surface area contributed by atoms with E-state index in [9.17, 15) is 46.0 Å². The van der Waals surface area contributed by atoms with Crippen LogP contribution >= 0.6 is 0 Å². The van der Waals surface area contributed by atoms with E-state index in [4.69, 9.17) is 0 Å². The van der Waals surface area contributed by atoms with Gasteiger partial charge in [0.2, 0.25) is 0 Å². The van der Waals surface area contributed by atoms with Crippen LogP contribution in [-0.4, -0.2) is 16.7 Å². The monoisotopic (exact) mass is 421 g/mol. The fraction of sp³-hybridized carbons (Fsp3) is 0.125. The number of rotatable bonds is 3. The van der Waals surface area contributed by atoms with Gasteiger partial charge >= 0.3 is 24.2 Å². The summed E-state index contributed by atoms with van der Waals surface area (Å²) in [6.07, 6.45) is -10.3. The van der Waals surface area contributed by atoms with E-state index in [2.05, 4.69) is 0 Å². The lowest BCUT2D eigenvalue weighted by atomic mass is 10.1. The molecule has 2 aromatic carbocycles. The Kier molecular flexibility index (Phi) is 5.80. The van der Waals surface area contributed by atoms with Gasteiger partial charge in [0.25, 0.3) is 5.69 Å². The molecule has 0 radical (unpaired) electrons. The molecule has 0 atom stereocenters. The summed E-state index contributed by atoms with van der Waals surface area (Å²) >= 11 is 0. The van der Waals surface area contributed by atoms with Crippen molar-refractivity contribution in [2.24, 2.45) is 0 Å². The number of para-hydroxylation sites is 2. The Labute approximate surface area is 157 Å². The number of nitro groups is 1. The first-order valence-corrected chi connectivity index (χ1v) is 7.44. The Balaban J connectivity index is 2.28. The SMILES string of the molecule is O=C(Nc1cc(C(F)(F)F)cc(C(F)(F)F)c1)C(=O)Nc1ccccc1[N+](=O)[O-]. The lowest BCUT2D eigenvalue weighted by molar-refractivity contribution is -0.383. The first-order valence-electron chi connectivity index (χ1n) is 7.44. The normalized spacial score (nSPS) is 11.7. The van der Waals surface area contributed by atoms with Crippen LogP contribution in [0.1, 0.15) is 11.1 Å². The van der Waals surface area contributed by atoms with Gasteiger partial charge in [-0.15, -0.1) is 0 Å². The number of carbonyl (C=O) groups excluding carboxylic acids is 2. The molecule has 154 valence electrons. The molecule has 0 aliphatic rings. The molecule has 0 spiro atoms. The van der Waals surface area contributed by atoms with Crippen LogP contribution in [0.25, 0.3) is 0 Å². The number of hydrogen-bond donors (Lipinski definition) is 2. The van der Waals surface area contributed by atoms with Crippen molar-refractivity contribution in [2.75, 3.05) is 10.6 Å². The molecular weight excluding hydrogens is 412 g/mol. The number of nitro benzene ring substituents is 1. The number of halogens is 6. The summed E-state index contributed by atoms with van der Waals surface area (Å²) in [5.74, 6) is -3.17. The minimum atomic E-state index is -5.15. The van der Waals surface area contributed by atoms with E-state index in [1.807, 2.05) is 5.32 Å². The van der Waals surface area contributed by atoms with Gasteiger partial charge in [-0.25, -0.2) is 0 Å². The number of amides is 2. The van der Waals surface area contributed by atoms with Crippen molar-refractivity contribution in [1.82, 2.24) is 0 Å². The van der Waals surface area contributed by atoms with Crippen molar-refractivity contribution >= 4 is 28.9 Å². The maximum Gasteiger partial charge on any atom is 0.416 e. The molecule has 0 aliphatic heterocycles. The third-order valence-electron chi connectivity index (χ3n) is 3.40. The van der Waals surface area contributed by atoms with Gasteiger partial charge in [-0.2, -0.15) is 26.3 Å². The average Bonchev–Trinajstić information content (AvgIpc) is 2.60. The number of hydrogen-bond acceptors (Lipinski definition) is 4. The lowest BCUT2D eigenvalue weighted by Gasteiger charge is -2.14. The molecule has 0 unspecified atom stereocenters. The highest BCUT2D eigenvalue weighted by molar-refractivity contribution is 6.43. The highest BCUT2D eigenvalue weighted by atomic mass is 19.4. The van der Waals surface area contributed by atoms with Gasteiger partial charge in [0, 0.05) is 11.8 Å². The Morgan fingerprint density at radius 1 is 0.828 bits per heavy atom. The van der Waals surface area contributed by atoms with Crippen LogP contribution in [0.3, 0.4) is 0 Å². The van der Waals surface area contributed by atoms with Crippen molar-refractivity contribution in [3.63, 3.8) is 0 Å². The molecule has 2 rings (SSSR count). The summed E-state index contributed by atoms with van der Waals surface area (Å²) in [6.45, 7) is 0. The molecule has 7 nitrogen and oxygen atoms in total. The summed E-state index contributed by atoms with van der Waals surface area (Å²) < 4.78 is 76.9. The Bertz CT molecular complexity index is 940. The molecule has 0 fully saturated rings. The fourth-order valence-electron chi connectivity index (χ4n) is 2.13. The number of nitrogens with zero attached hydrogens (tertiary/aromatic N) is 1. The number of benzene rings is 2. The topological polar surface area (TPSA) is 101 Å². The van der Waals surface area contributed by atoms with E-state index in [1.165, 1.54) is 12.1 Å². The van der Waals surface area contributed by atoms with Crippen LogP contribution in [0.5, 0.6) is 0 Å². The maximum absolute atomic E-state index is 12.8. The van der Waals surface area contributed by atoms with Crippen LogP contribution < -0.4 is 10.6 Å². The molecule has 2 amide bonds. The Morgan fingerprint density at radius 3 is 1.79 bits per heavy atom. The van der Waals surface area contributed by atoms with Crippen LogP contribution in [0.2, 0.25) is 0 Å². The summed E-state index contributed by atoms with van der Waals surface area (Å²) in [5.41, 5.74) is -5.29. The largest absolute Gasteiger partial charge is 0.416 e. The standard InChI is InChI=1S/C16H9F6N3O4/c17-15(18,19)8-5-9(16(20,21)22)7-10(6-8)23-13(26)14(27)24-11-3-1-2-4-12(11)25(28)29/h1-7H,(H,23,26)(H,24,27). The van der Waals surface area contributed by atoms with Gasteiger partial charge < -0.3 is 10.6 Å². The molecule has 0 bridgehead atoms. The minimum absolute atomic E-state index is 0.150. The summed E-state index contributed by atoms with van der Waals surface area (Å²) in [5, 5.41) is 14.3. The second-order valence-electron chi connectivity index (χ2n) is 5.48. The second kappa shape index (κ2) is 7.77. The van der Waals surface area contributed by atoms with Crippen LogP contribution in [0, 0.1) is 10.1 Å². The zero-order chi connectivity index (χ0) is 22.0. The van der Waals surface area contributed by atoms with E-state index in [0.717, 1.165) is 12.1 Å². The van der Waals surface area contributed by atoms with Crippen LogP contribution in [0.15, 0.2) is 42.5 Å². The predicted molar refractivity (Wildman–Crippen MR) is 86.8 cm³/mol. The smallest absolute Gasteiger partial charge is 0.318 e. The summed E-state index contributed by atoms with van der Waals surface area (Å²) in [4.78, 5) is 33.7. The molecule has 0 aromatic heterocycles. The lowest BCUT2D eigenvalue weighted by Crippen LogP contribution is -2.29. The Morgan fingerprint density at radius 2 is 1.31 bits per heavy atom. The van der Waals surface area contributed by atoms with Crippen LogP contribution in [0.4, 0.5) is 43.4 Å². The predicted octanol–water partition coefficient (Wildman–Crippen LogP) is 4.21. The van der Waals surface area contributed by atoms with E-state index < -0.39 is 57.3 Å². The van der Waals surface area contributed by atoms with Crippen LogP contribution in [-0.2, 0) is 21.9 Å². The maximum atomic E-state index is 12.8. The third-order valence-corrected chi connectivity index (χ3v) is 3.40. The molecule has 0 aliphatic carbocycles. The van der Waals surface area contributed by atoms with Gasteiger partial charge in [0.1, 0.15) is 5.69 Å². The van der Waals surface area contributed by atoms with Crippen molar-refractivity contribution < 1.29 is 40.9 Å². The quantitative estimate of drug-likeness (QED) is 0.336. The van der Waals surface area contributed by atoms with Crippen molar-refractivity contribution in [3.8, 4) is 0 Å². The molecule has 0 saturated heterocycles. The first-order chi connectivity index (χ1) is 13.3. The van der Waals surface area contributed by atoms with Crippen molar-refractivity contribution in [2.45, 2.75) is 12.4 Å². The third kappa shape index (κ3) is 5.43. The zero-order valence-corrected chi connectivity index (χ0v) is 13.9. The van der Waals surface area contributed by atoms with E-state index >= 15 is 0 Å². The molecular formula is C16H9F6N3O4. The fourth-order valence-corrected chi connectivity index (χ4v) is 2.13. The van der Waals surface area contributed by atoms with Gasteiger partial charge in [0.15, 0.2) is 0 Å². The molecule has 13 heteroatoms. The Hall–Kier alpha value is -3.64. The van der Waals surface area contributed by atoms with E-state index in [1.54, 1.807) is 5.32 Å². The van der Waals surface area contributed by atoms with E-state index in [0.29, 0.717) is 0 Å². The number of alkyl halides is 6. The highest BCUT2D eigenvalue weighted by Gasteiger charge is 2.37. The summed E-state index contributed by atoms with van der Waals surface area (Å²) in [7, 11) is 0. The minimum Gasteiger partial charge on any atom is -0.318 e. The zero-order valence-electron chi connectivity index (χ0n) is 13.9. The van der Waals surface area contributed by atoms with Crippen molar-refractivity contribution in [3.05, 3.63) is 63.7 Å². The molecule has 2 aromatic rings. The second-order valence-corrected chi connectivity index (χ2v) is 5.48.